The van der Waals surface area contributed by atoms with Crippen molar-refractivity contribution in [3.8, 4) is 0 Å². The molecule has 0 aromatic carbocycles. The Hall–Kier alpha value is -2.87. The Morgan fingerprint density at radius 2 is 0.364 bits per heavy atom. The van der Waals surface area contributed by atoms with E-state index >= 15 is 0 Å². The quantitative estimate of drug-likeness (QED) is 0.227. The first-order chi connectivity index (χ1) is 8.66. The second-order valence-corrected chi connectivity index (χ2v) is 1.12. The molecule has 22 heteroatoms. The van der Waals surface area contributed by atoms with Crippen LogP contribution >= 0.6 is 0 Å². The average molecular weight is 472 g/mol. The fourth-order valence-corrected chi connectivity index (χ4v) is 0. The van der Waals surface area contributed by atoms with Gasteiger partial charge in [-0.2, -0.15) is 0 Å². The molecular weight excluding hydrogens is 472 g/mol. The van der Waals surface area contributed by atoms with Gasteiger partial charge in [-0.15, -0.1) is 0 Å². The Morgan fingerprint density at radius 3 is 0.364 bits per heavy atom. The molecule has 0 fully saturated rings. The molecule has 0 rings (SSSR count). The third-order valence-electron chi connectivity index (χ3n) is 0. The standard InChI is InChI=1S/Co.5NO3.Rh/c;5*2-1(3)4;/q+2;5*-1;+3. The van der Waals surface area contributed by atoms with Gasteiger partial charge in [0.15, 0.2) is 0 Å². The van der Waals surface area contributed by atoms with Crippen molar-refractivity contribution in [1.29, 1.82) is 0 Å². The fraction of sp³-hybridized carbons (Fsp3) is 0. The molecule has 0 saturated heterocycles. The van der Waals surface area contributed by atoms with Crippen LogP contribution in [0.5, 0.6) is 0 Å². The molecule has 0 aromatic heterocycles. The zero-order chi connectivity index (χ0) is 17.9. The predicted molar refractivity (Wildman–Crippen MR) is 51.8 cm³/mol. The summed E-state index contributed by atoms with van der Waals surface area (Å²) < 4.78 is 0. The average Bonchev–Trinajstić information content (AvgIpc) is 1.94. The van der Waals surface area contributed by atoms with E-state index in [0.29, 0.717) is 0 Å². The minimum atomic E-state index is -1.75. The molecule has 0 heterocycles. The number of hydrogen-bond acceptors (Lipinski definition) is 15. The van der Waals surface area contributed by atoms with E-state index in [9.17, 15) is 0 Å². The number of nitrogens with zero attached hydrogens (tertiary/aromatic N) is 5. The maximum absolute atomic E-state index is 8.25. The van der Waals surface area contributed by atoms with Gasteiger partial charge in [0.05, 0.1) is 25.4 Å². The minimum Gasteiger partial charge on any atom is -0.356 e. The Morgan fingerprint density at radius 1 is 0.364 bits per heavy atom. The molecule has 22 heavy (non-hydrogen) atoms. The summed E-state index contributed by atoms with van der Waals surface area (Å²) in [6.07, 6.45) is 0. The molecule has 0 N–H and O–H groups in total. The van der Waals surface area contributed by atoms with Gasteiger partial charge in [0, 0.05) is 0 Å². The van der Waals surface area contributed by atoms with Crippen molar-refractivity contribution in [3.63, 3.8) is 0 Å². The van der Waals surface area contributed by atoms with Crippen LogP contribution in [-0.2, 0) is 36.3 Å². The summed E-state index contributed by atoms with van der Waals surface area (Å²) in [4.78, 5) is 41.2. The van der Waals surface area contributed by atoms with Crippen molar-refractivity contribution < 1.29 is 61.7 Å². The van der Waals surface area contributed by atoms with Crippen molar-refractivity contribution in [1.82, 2.24) is 0 Å². The normalized spacial score (nSPS) is 5.45. The van der Waals surface area contributed by atoms with Crippen LogP contribution in [0.2, 0.25) is 0 Å². The van der Waals surface area contributed by atoms with Gasteiger partial charge in [-0.25, -0.2) is 0 Å². The van der Waals surface area contributed by atoms with E-state index < -0.39 is 25.4 Å². The van der Waals surface area contributed by atoms with E-state index in [1.807, 2.05) is 0 Å². The van der Waals surface area contributed by atoms with Gasteiger partial charge in [0.2, 0.25) is 0 Å². The van der Waals surface area contributed by atoms with Crippen LogP contribution in [0.4, 0.5) is 0 Å². The molecule has 0 atom stereocenters. The first-order valence-electron chi connectivity index (χ1n) is 2.74. The van der Waals surface area contributed by atoms with Crippen molar-refractivity contribution in [2.45, 2.75) is 0 Å². The largest absolute Gasteiger partial charge is 3.00 e. The molecule has 0 amide bonds. The second kappa shape index (κ2) is 36.2. The molecular formula is CoN5O15Rh. The maximum atomic E-state index is 8.25. The minimum absolute atomic E-state index is 0. The zero-order valence-corrected chi connectivity index (χ0v) is 11.7. The van der Waals surface area contributed by atoms with Crippen LogP contribution in [-0.4, -0.2) is 25.4 Å². The first-order valence-corrected chi connectivity index (χ1v) is 2.74. The predicted octanol–water partition coefficient (Wildman–Crippen LogP) is -1.20. The molecule has 0 aliphatic rings. The van der Waals surface area contributed by atoms with Gasteiger partial charge in [-0.1, -0.05) is 0 Å². The molecule has 0 aromatic rings. The van der Waals surface area contributed by atoms with Crippen molar-refractivity contribution in [2.24, 2.45) is 0 Å². The van der Waals surface area contributed by atoms with Crippen LogP contribution in [0.25, 0.3) is 0 Å². The third-order valence-corrected chi connectivity index (χ3v) is 0. The van der Waals surface area contributed by atoms with Crippen LogP contribution < -0.4 is 0 Å². The third kappa shape index (κ3) is 541. The van der Waals surface area contributed by atoms with E-state index in [1.165, 1.54) is 0 Å². The van der Waals surface area contributed by atoms with E-state index in [-0.39, 0.29) is 36.3 Å². The van der Waals surface area contributed by atoms with Gasteiger partial charge in [-0.05, 0) is 0 Å². The zero-order valence-electron chi connectivity index (χ0n) is 9.03. The van der Waals surface area contributed by atoms with Gasteiger partial charge in [0.1, 0.15) is 0 Å². The number of hydrogen-bond donors (Lipinski definition) is 0. The van der Waals surface area contributed by atoms with Gasteiger partial charge in [0.25, 0.3) is 0 Å². The fourth-order valence-electron chi connectivity index (χ4n) is 0. The summed E-state index contributed by atoms with van der Waals surface area (Å²) in [5.41, 5.74) is 0. The van der Waals surface area contributed by atoms with E-state index in [1.54, 1.807) is 0 Å². The Balaban J connectivity index is -0.0000000250. The SMILES string of the molecule is O=[N+]([O-])[O-].O=[N+]([O-])[O-].O=[N+]([O-])[O-].O=[N+]([O-])[O-].O=[N+]([O-])[O-].[Co+2].[Rh+3]. The first kappa shape index (κ1) is 42.7. The van der Waals surface area contributed by atoms with E-state index in [4.69, 9.17) is 76.6 Å². The number of rotatable bonds is 0. The Labute approximate surface area is 139 Å². The second-order valence-electron chi connectivity index (χ2n) is 1.12. The van der Waals surface area contributed by atoms with Gasteiger partial charge < -0.3 is 76.6 Å². The van der Waals surface area contributed by atoms with Crippen molar-refractivity contribution >= 4 is 0 Å². The molecule has 133 valence electrons. The molecule has 0 aliphatic heterocycles. The monoisotopic (exact) mass is 472 g/mol. The molecule has 20 nitrogen and oxygen atoms in total. The van der Waals surface area contributed by atoms with Crippen LogP contribution in [0, 0.1) is 76.6 Å². The van der Waals surface area contributed by atoms with E-state index in [2.05, 4.69) is 0 Å². The smallest absolute Gasteiger partial charge is 0.356 e. The molecule has 0 bridgehead atoms. The Bertz CT molecular complexity index is 213. The molecule has 0 unspecified atom stereocenters. The van der Waals surface area contributed by atoms with Crippen molar-refractivity contribution in [2.75, 3.05) is 0 Å². The van der Waals surface area contributed by atoms with Crippen LogP contribution in [0.1, 0.15) is 0 Å². The summed E-state index contributed by atoms with van der Waals surface area (Å²) in [5.74, 6) is 0. The summed E-state index contributed by atoms with van der Waals surface area (Å²) in [6.45, 7) is 0. The van der Waals surface area contributed by atoms with Crippen molar-refractivity contribution in [3.05, 3.63) is 76.6 Å². The van der Waals surface area contributed by atoms with E-state index in [0.717, 1.165) is 0 Å². The molecule has 0 saturated carbocycles. The van der Waals surface area contributed by atoms with Gasteiger partial charge >= 0.3 is 36.3 Å². The van der Waals surface area contributed by atoms with Gasteiger partial charge in [-0.3, -0.25) is 0 Å². The molecule has 1 radical (unpaired) electrons. The molecule has 0 spiro atoms. The van der Waals surface area contributed by atoms with Crippen LogP contribution in [0.3, 0.4) is 0 Å². The summed E-state index contributed by atoms with van der Waals surface area (Å²) in [6, 6.07) is 0. The maximum Gasteiger partial charge on any atom is 3.00 e. The topological polar surface area (TPSA) is 331 Å². The van der Waals surface area contributed by atoms with Crippen LogP contribution in [0.15, 0.2) is 0 Å². The summed E-state index contributed by atoms with van der Waals surface area (Å²) in [5, 5.41) is 73.8. The Kier molecular flexibility index (Phi) is 70.2. The molecule has 0 aliphatic carbocycles. The summed E-state index contributed by atoms with van der Waals surface area (Å²) >= 11 is 0. The summed E-state index contributed by atoms with van der Waals surface area (Å²) in [7, 11) is 0.